The van der Waals surface area contributed by atoms with Crippen molar-refractivity contribution in [2.75, 3.05) is 52.5 Å². The Labute approximate surface area is 768 Å². The molecular formula is C86H155N27O18. The van der Waals surface area contributed by atoms with Gasteiger partial charge < -0.3 is 140 Å². The molecule has 2 aromatic rings. The second-order valence-electron chi connectivity index (χ2n) is 34.0. The molecule has 131 heavy (non-hydrogen) atoms. The lowest BCUT2D eigenvalue weighted by molar-refractivity contribution is -0.136. The lowest BCUT2D eigenvalue weighted by Crippen LogP contribution is -2.61. The zero-order valence-electron chi connectivity index (χ0n) is 77.5. The van der Waals surface area contributed by atoms with E-state index in [9.17, 15) is 86.9 Å². The van der Waals surface area contributed by atoms with Gasteiger partial charge in [0.1, 0.15) is 78.5 Å². The van der Waals surface area contributed by atoms with Crippen molar-refractivity contribution in [3.05, 3.63) is 36.4 Å². The Kier molecular flexibility index (Phi) is 60.3. The smallest absolute Gasteiger partial charge is 0.245 e. The molecule has 0 aliphatic heterocycles. The molecular weight excluding hydrogens is 1700 g/mol. The van der Waals surface area contributed by atoms with Gasteiger partial charge in [0.25, 0.3) is 0 Å². The third kappa shape index (κ3) is 50.8. The maximum atomic E-state index is 14.6. The van der Waals surface area contributed by atoms with Gasteiger partial charge >= 0.3 is 0 Å². The van der Waals surface area contributed by atoms with Gasteiger partial charge in [-0.15, -0.1) is 0 Å². The summed E-state index contributed by atoms with van der Waals surface area (Å²) < 4.78 is 0. The second-order valence-corrected chi connectivity index (χ2v) is 34.0. The number of carbonyl (C=O) groups excluding carboxylic acids is 16. The molecule has 742 valence electrons. The number of hydrogen-bond donors (Lipinski definition) is 27. The number of nitrogens with zero attached hydrogens (tertiary/aromatic N) is 2. The molecule has 0 spiro atoms. The molecule has 0 unspecified atom stereocenters. The summed E-state index contributed by atoms with van der Waals surface area (Å²) in [6.07, 6.45) is 21.4. The van der Waals surface area contributed by atoms with E-state index < -0.39 is 206 Å². The van der Waals surface area contributed by atoms with Gasteiger partial charge in [0.2, 0.25) is 94.5 Å². The van der Waals surface area contributed by atoms with Gasteiger partial charge in [-0.25, -0.2) is 9.97 Å². The molecule has 45 nitrogen and oxygen atoms in total. The number of nitrogens with two attached hydrogens (primary N) is 7. The van der Waals surface area contributed by atoms with Crippen LogP contribution in [-0.2, 0) is 89.6 Å². The number of aromatic amines is 2. The zero-order chi connectivity index (χ0) is 97.6. The average molecular weight is 1860 g/mol. The lowest BCUT2D eigenvalue weighted by atomic mass is 10.0. The number of imidazole rings is 2. The number of aliphatic hydroxyl groups excluding tert-OH is 2. The van der Waals surface area contributed by atoms with Crippen LogP contribution in [-0.4, -0.2) is 262 Å². The monoisotopic (exact) mass is 1850 g/mol. The average Bonchev–Trinajstić information content (AvgIpc) is 1.75. The molecule has 0 saturated heterocycles. The first kappa shape index (κ1) is 116. The molecule has 2 heterocycles. The maximum absolute atomic E-state index is 14.6. The summed E-state index contributed by atoms with van der Waals surface area (Å²) >= 11 is 0. The lowest BCUT2D eigenvalue weighted by Gasteiger charge is -2.28. The third-order valence-electron chi connectivity index (χ3n) is 21.5. The first-order chi connectivity index (χ1) is 62.5. The van der Waals surface area contributed by atoms with Crippen LogP contribution in [0.5, 0.6) is 0 Å². The van der Waals surface area contributed by atoms with Gasteiger partial charge in [-0.1, -0.05) is 112 Å². The largest absolute Gasteiger partial charge is 0.394 e. The summed E-state index contributed by atoms with van der Waals surface area (Å²) in [6.45, 7) is 8.70. The summed E-state index contributed by atoms with van der Waals surface area (Å²) in [7, 11) is 0. The van der Waals surface area contributed by atoms with Crippen LogP contribution in [0.2, 0.25) is 0 Å². The van der Waals surface area contributed by atoms with Gasteiger partial charge in [-0.2, -0.15) is 0 Å². The minimum Gasteiger partial charge on any atom is -0.394 e. The number of primary amides is 2. The first-order valence-corrected chi connectivity index (χ1v) is 46.4. The number of rotatable bonds is 75. The van der Waals surface area contributed by atoms with E-state index in [0.29, 0.717) is 51.5 Å². The van der Waals surface area contributed by atoms with Crippen molar-refractivity contribution in [2.45, 2.75) is 338 Å². The van der Waals surface area contributed by atoms with E-state index in [4.69, 9.17) is 45.5 Å². The molecule has 0 aliphatic rings. The predicted molar refractivity (Wildman–Crippen MR) is 490 cm³/mol. The molecule has 45 heteroatoms. The molecule has 16 amide bonds. The number of unbranched alkanes of at least 4 members (excludes halogenated alkanes) is 16. The van der Waals surface area contributed by atoms with Crippen LogP contribution in [0.1, 0.15) is 258 Å². The van der Waals surface area contributed by atoms with Crippen LogP contribution in [0, 0.1) is 17.2 Å². The Morgan fingerprint density at radius 2 is 0.664 bits per heavy atom. The molecule has 2 rings (SSSR count). The molecule has 0 radical (unpaired) electrons. The number of carbonyl (C=O) groups is 16. The topological polar surface area (TPSA) is 757 Å². The van der Waals surface area contributed by atoms with Gasteiger partial charge in [-0.3, -0.25) is 82.1 Å². The van der Waals surface area contributed by atoms with E-state index in [1.54, 1.807) is 13.8 Å². The SMILES string of the molecule is CCCCCCCCCCCCCCCC(=O)N[C@@H](CCCCN)C(=O)N[C@@H](CC(C)C)C(=O)N[C@@H](CO)C(=O)N[C@@H](Cc1cnc[nH]1)C(=O)N[C@@H](CO)C(=O)N[C@@H](CCCCN)C(=O)NCC(=O)N[C@@H](Cc1cnc[nH]1)C(=O)N[C@@H](CCC(N)=O)C(=O)N[C@@H](CCCCN)C(=O)N[C@@H](CCCNC(=N)N)C(=O)N[C@@H](CCCCN)C(=O)N[C@@H](C)C(=O)N[C@@H](CC(C)C)C(N)=O. The van der Waals surface area contributed by atoms with Crippen LogP contribution >= 0.6 is 0 Å². The number of aromatic nitrogens is 4. The van der Waals surface area contributed by atoms with E-state index in [1.165, 1.54) is 83.3 Å². The van der Waals surface area contributed by atoms with E-state index in [1.807, 2.05) is 13.8 Å². The van der Waals surface area contributed by atoms with Gasteiger partial charge in [0.05, 0.1) is 32.4 Å². The Bertz CT molecular complexity index is 3770. The number of H-pyrrole nitrogens is 2. The molecule has 2 aromatic heterocycles. The Morgan fingerprint density at radius 3 is 1.05 bits per heavy atom. The predicted octanol–water partition coefficient (Wildman–Crippen LogP) is -3.56. The van der Waals surface area contributed by atoms with Crippen molar-refractivity contribution < 1.29 is 86.9 Å². The highest BCUT2D eigenvalue weighted by Crippen LogP contribution is 2.17. The molecule has 0 bridgehead atoms. The van der Waals surface area contributed by atoms with Crippen LogP contribution in [0.3, 0.4) is 0 Å². The fourth-order valence-corrected chi connectivity index (χ4v) is 14.1. The summed E-state index contributed by atoms with van der Waals surface area (Å²) in [5, 5.41) is 67.4. The summed E-state index contributed by atoms with van der Waals surface area (Å²) in [5.74, 6) is -15.0. The molecule has 0 saturated carbocycles. The summed E-state index contributed by atoms with van der Waals surface area (Å²) in [4.78, 5) is 236. The fourth-order valence-electron chi connectivity index (χ4n) is 14.1. The molecule has 13 atom stereocenters. The maximum Gasteiger partial charge on any atom is 0.245 e. The molecule has 34 N–H and O–H groups in total. The Balaban J connectivity index is 2.40. The first-order valence-electron chi connectivity index (χ1n) is 46.4. The highest BCUT2D eigenvalue weighted by Gasteiger charge is 2.38. The minimum atomic E-state index is -1.84. The summed E-state index contributed by atoms with van der Waals surface area (Å²) in [5.41, 5.74) is 40.4. The van der Waals surface area contributed by atoms with E-state index in [2.05, 4.69) is 107 Å². The van der Waals surface area contributed by atoms with Crippen molar-refractivity contribution in [2.24, 2.45) is 52.0 Å². The van der Waals surface area contributed by atoms with E-state index in [-0.39, 0.29) is 139 Å². The molecule has 0 aliphatic carbocycles. The second kappa shape index (κ2) is 68.1. The molecule has 0 aromatic carbocycles. The Morgan fingerprint density at radius 1 is 0.344 bits per heavy atom. The number of hydrogen-bond acceptors (Lipinski definition) is 25. The van der Waals surface area contributed by atoms with Crippen LogP contribution in [0.25, 0.3) is 0 Å². The van der Waals surface area contributed by atoms with Crippen LogP contribution in [0.4, 0.5) is 0 Å². The number of guanidine groups is 1. The van der Waals surface area contributed by atoms with Crippen LogP contribution < -0.4 is 120 Å². The number of aliphatic hydroxyl groups is 2. The zero-order valence-corrected chi connectivity index (χ0v) is 77.5. The highest BCUT2D eigenvalue weighted by atomic mass is 16.3. The standard InChI is InChI=1S/C86H155N27O18/c1-7-8-9-10-11-12-13-14-15-16-17-18-19-34-71(117)102-59(30-21-25-38-88)77(123)110-65(43-54(4)5)81(127)112-69(50-115)85(131)111-67(45-57-47-96-52-100-57)83(129)113-68(49-114)84(130)104-58(29-20-24-37-87)75(121)98-48-72(118)103-66(44-56-46-95-51-99-56)82(128)108-63(35-36-70(91)116)80(126)106-61(32-23-27-40-90)78(124)107-62(33-28-41-97-86(93)94)79(125)105-60(31-22-26-39-89)76(122)101-55(6)74(120)109-64(73(92)119)42-53(2)3/h46-47,51-55,58-69,114-115H,7-45,48-50,87-90H2,1-6H3,(H2,91,116)(H2,92,119)(H,95,99)(H,96,100)(H,98,121)(H,101,122)(H,102,117)(H,103,118)(H,104,130)(H,105,125)(H,106,126)(H,107,124)(H,108,128)(H,109,120)(H,110,123)(H,111,131)(H,112,127)(H,113,129)(H4,93,94,97)/t55-,58-,59-,60-,61-,62-,63-,64-,65-,66-,67-,68-,69-/m0/s1. The Hall–Kier alpha value is -11.0. The van der Waals surface area contributed by atoms with Crippen LogP contribution in [0.15, 0.2) is 25.0 Å². The van der Waals surface area contributed by atoms with E-state index in [0.717, 1.165) is 25.7 Å². The number of nitrogens with one attached hydrogen (secondary N) is 18. The third-order valence-corrected chi connectivity index (χ3v) is 21.5. The number of amides is 16. The van der Waals surface area contributed by atoms with Crippen molar-refractivity contribution in [3.63, 3.8) is 0 Å². The van der Waals surface area contributed by atoms with Crippen molar-refractivity contribution in [3.8, 4) is 0 Å². The normalized spacial score (nSPS) is 14.2. The van der Waals surface area contributed by atoms with Crippen molar-refractivity contribution in [1.29, 1.82) is 5.41 Å². The highest BCUT2D eigenvalue weighted by molar-refractivity contribution is 6.00. The van der Waals surface area contributed by atoms with Crippen molar-refractivity contribution >= 4 is 100 Å². The van der Waals surface area contributed by atoms with E-state index >= 15 is 0 Å². The summed E-state index contributed by atoms with van der Waals surface area (Å²) in [6, 6.07) is -18.9. The van der Waals surface area contributed by atoms with Gasteiger partial charge in [0.15, 0.2) is 5.96 Å². The van der Waals surface area contributed by atoms with Gasteiger partial charge in [0, 0.05) is 56.0 Å². The quantitative estimate of drug-likeness (QED) is 0.0173. The van der Waals surface area contributed by atoms with Crippen molar-refractivity contribution in [1.82, 2.24) is 99.7 Å². The molecule has 0 fully saturated rings. The van der Waals surface area contributed by atoms with Gasteiger partial charge in [-0.05, 0) is 161 Å². The minimum absolute atomic E-state index is 0.00627. The fraction of sp³-hybridized carbons (Fsp3) is 0.733.